The normalized spacial score (nSPS) is 11.1. The molecular weight excluding hydrogens is 195 g/mol. The number of halogens is 1. The lowest BCUT2D eigenvalue weighted by molar-refractivity contribution is -0.233. The summed E-state index contributed by atoms with van der Waals surface area (Å²) >= 11 is 0. The minimum Gasteiger partial charge on any atom is -0.380 e. The molecule has 0 atom stereocenters. The quantitative estimate of drug-likeness (QED) is 0.304. The molecular formula is C11H17FN2O. The first kappa shape index (κ1) is 13.4. The first-order chi connectivity index (χ1) is 6.97. The fourth-order valence-corrected chi connectivity index (χ4v) is 0.832. The molecule has 3 nitrogen and oxygen atoms in total. The molecule has 0 aliphatic carbocycles. The minimum atomic E-state index is 0.0964. The van der Waals surface area contributed by atoms with E-state index in [1.54, 1.807) is 6.08 Å². The van der Waals surface area contributed by atoms with E-state index in [0.29, 0.717) is 6.54 Å². The number of allylic oxidation sites excluding steroid dienone is 3. The zero-order valence-corrected chi connectivity index (χ0v) is 9.22. The van der Waals surface area contributed by atoms with Crippen LogP contribution in [0.1, 0.15) is 6.92 Å². The van der Waals surface area contributed by atoms with Crippen molar-refractivity contribution in [2.75, 3.05) is 13.6 Å². The van der Waals surface area contributed by atoms with Gasteiger partial charge in [0.25, 0.3) is 0 Å². The minimum absolute atomic E-state index is 0.0964. The number of nitrogens with zero attached hydrogens (tertiary/aromatic N) is 1. The second-order valence-corrected chi connectivity index (χ2v) is 2.97. The van der Waals surface area contributed by atoms with Crippen LogP contribution >= 0.6 is 0 Å². The van der Waals surface area contributed by atoms with E-state index in [9.17, 15) is 4.48 Å². The van der Waals surface area contributed by atoms with Gasteiger partial charge >= 0.3 is 0 Å². The molecule has 0 radical (unpaired) electrons. The molecule has 0 aromatic heterocycles. The standard InChI is InChI=1S/C11H17FN2O/c1-6-7-9(2)11(4)13-8-10(3)15-14(5)12/h6-7,13H,1,3-4,8H2,2,5H3/b9-7+. The lowest BCUT2D eigenvalue weighted by Gasteiger charge is -2.13. The molecule has 0 rings (SSSR count). The van der Waals surface area contributed by atoms with Crippen LogP contribution in [0.3, 0.4) is 0 Å². The van der Waals surface area contributed by atoms with E-state index in [1.807, 2.05) is 13.0 Å². The Hall–Kier alpha value is -1.55. The highest BCUT2D eigenvalue weighted by Crippen LogP contribution is 2.04. The van der Waals surface area contributed by atoms with E-state index in [1.165, 1.54) is 0 Å². The van der Waals surface area contributed by atoms with Crippen molar-refractivity contribution in [3.8, 4) is 0 Å². The predicted octanol–water partition coefficient (Wildman–Crippen LogP) is 2.48. The SMILES string of the molecule is C=C/C=C(\C)C(=C)NCC(=C)ON(C)F. The van der Waals surface area contributed by atoms with Crippen LogP contribution in [0.4, 0.5) is 4.48 Å². The molecule has 0 unspecified atom stereocenters. The summed E-state index contributed by atoms with van der Waals surface area (Å²) in [7, 11) is 1.14. The Morgan fingerprint density at radius 3 is 2.60 bits per heavy atom. The number of hydroxylamine groups is 1. The zero-order chi connectivity index (χ0) is 11.8. The van der Waals surface area contributed by atoms with Crippen LogP contribution in [-0.4, -0.2) is 18.9 Å². The molecule has 1 N–H and O–H groups in total. The highest BCUT2D eigenvalue weighted by molar-refractivity contribution is 5.27. The fraction of sp³-hybridized carbons (Fsp3) is 0.273. The smallest absolute Gasteiger partial charge is 0.139 e. The highest BCUT2D eigenvalue weighted by Gasteiger charge is 2.01. The third-order valence-electron chi connectivity index (χ3n) is 1.60. The van der Waals surface area contributed by atoms with E-state index < -0.39 is 0 Å². The van der Waals surface area contributed by atoms with Crippen molar-refractivity contribution >= 4 is 0 Å². The Bertz CT molecular complexity index is 282. The van der Waals surface area contributed by atoms with E-state index >= 15 is 0 Å². The van der Waals surface area contributed by atoms with Gasteiger partial charge in [-0.05, 0) is 12.5 Å². The number of nitrogens with one attached hydrogen (secondary N) is 1. The van der Waals surface area contributed by atoms with Crippen molar-refractivity contribution in [1.82, 2.24) is 10.6 Å². The topological polar surface area (TPSA) is 24.5 Å². The number of hydrogen-bond donors (Lipinski definition) is 1. The predicted molar refractivity (Wildman–Crippen MR) is 60.2 cm³/mol. The summed E-state index contributed by atoms with van der Waals surface area (Å²) in [6, 6.07) is 0. The first-order valence-electron chi connectivity index (χ1n) is 4.45. The fourth-order valence-electron chi connectivity index (χ4n) is 0.832. The summed E-state index contributed by atoms with van der Waals surface area (Å²) in [5.41, 5.74) is 1.67. The monoisotopic (exact) mass is 212 g/mol. The van der Waals surface area contributed by atoms with E-state index in [4.69, 9.17) is 0 Å². The van der Waals surface area contributed by atoms with Crippen LogP contribution in [-0.2, 0) is 4.84 Å². The van der Waals surface area contributed by atoms with Gasteiger partial charge in [-0.15, -0.1) is 0 Å². The van der Waals surface area contributed by atoms with Crippen molar-refractivity contribution in [3.63, 3.8) is 0 Å². The summed E-state index contributed by atoms with van der Waals surface area (Å²) < 4.78 is 12.2. The van der Waals surface area contributed by atoms with Crippen molar-refractivity contribution in [2.24, 2.45) is 0 Å². The van der Waals surface area contributed by atoms with Gasteiger partial charge in [0.2, 0.25) is 0 Å². The van der Waals surface area contributed by atoms with Crippen LogP contribution in [0.5, 0.6) is 0 Å². The summed E-state index contributed by atoms with van der Waals surface area (Å²) in [5, 5.41) is 3.04. The maximum Gasteiger partial charge on any atom is 0.139 e. The Balaban J connectivity index is 3.96. The van der Waals surface area contributed by atoms with Crippen LogP contribution in [0, 0.1) is 0 Å². The third-order valence-corrected chi connectivity index (χ3v) is 1.60. The Kier molecular flexibility index (Phi) is 6.13. The molecule has 15 heavy (non-hydrogen) atoms. The van der Waals surface area contributed by atoms with Gasteiger partial charge in [0, 0.05) is 11.0 Å². The second kappa shape index (κ2) is 6.84. The van der Waals surface area contributed by atoms with Gasteiger partial charge in [-0.25, -0.2) is 0 Å². The van der Waals surface area contributed by atoms with Crippen molar-refractivity contribution < 1.29 is 9.32 Å². The lowest BCUT2D eigenvalue weighted by atomic mass is 10.2. The molecule has 0 fully saturated rings. The zero-order valence-electron chi connectivity index (χ0n) is 9.22. The van der Waals surface area contributed by atoms with E-state index in [0.717, 1.165) is 18.3 Å². The molecule has 0 aliphatic rings. The molecule has 0 amide bonds. The molecule has 0 aliphatic heterocycles. The molecule has 0 bridgehead atoms. The van der Waals surface area contributed by atoms with Gasteiger partial charge in [0.15, 0.2) is 0 Å². The van der Waals surface area contributed by atoms with Crippen LogP contribution in [0.25, 0.3) is 0 Å². The van der Waals surface area contributed by atoms with E-state index in [2.05, 4.69) is 29.9 Å². The molecule has 84 valence electrons. The molecule has 0 heterocycles. The van der Waals surface area contributed by atoms with Crippen LogP contribution in [0.15, 0.2) is 48.9 Å². The van der Waals surface area contributed by atoms with Crippen molar-refractivity contribution in [3.05, 3.63) is 48.9 Å². The maximum absolute atomic E-state index is 12.2. The van der Waals surface area contributed by atoms with Gasteiger partial charge in [-0.1, -0.05) is 36.4 Å². The average molecular weight is 212 g/mol. The first-order valence-corrected chi connectivity index (χ1v) is 4.45. The average Bonchev–Trinajstić information content (AvgIpc) is 2.13. The largest absolute Gasteiger partial charge is 0.380 e. The Labute approximate surface area is 90.1 Å². The lowest BCUT2D eigenvalue weighted by Crippen LogP contribution is -2.20. The van der Waals surface area contributed by atoms with Crippen molar-refractivity contribution in [2.45, 2.75) is 6.92 Å². The Morgan fingerprint density at radius 2 is 2.13 bits per heavy atom. The highest BCUT2D eigenvalue weighted by atomic mass is 19.2. The van der Waals surface area contributed by atoms with Crippen molar-refractivity contribution in [1.29, 1.82) is 0 Å². The molecule has 4 heteroatoms. The maximum atomic E-state index is 12.2. The van der Waals surface area contributed by atoms with Gasteiger partial charge in [0.1, 0.15) is 5.76 Å². The Morgan fingerprint density at radius 1 is 1.53 bits per heavy atom. The third kappa shape index (κ3) is 6.51. The molecule has 0 saturated carbocycles. The van der Waals surface area contributed by atoms with Gasteiger partial charge in [-0.3, -0.25) is 0 Å². The molecule has 0 aromatic carbocycles. The summed E-state index contributed by atoms with van der Waals surface area (Å²) in [4.78, 5) is 4.57. The summed E-state index contributed by atoms with van der Waals surface area (Å²) in [6.07, 6.45) is 3.49. The second-order valence-electron chi connectivity index (χ2n) is 2.97. The van der Waals surface area contributed by atoms with Gasteiger partial charge in [0.05, 0.1) is 13.6 Å². The number of hydrogen-bond acceptors (Lipinski definition) is 3. The van der Waals surface area contributed by atoms with Crippen LogP contribution in [0.2, 0.25) is 0 Å². The summed E-state index contributed by atoms with van der Waals surface area (Å²) in [5.74, 6) is 0.271. The molecule has 0 saturated heterocycles. The van der Waals surface area contributed by atoms with Crippen LogP contribution < -0.4 is 5.32 Å². The number of rotatable bonds is 7. The summed E-state index contributed by atoms with van der Waals surface area (Å²) in [6.45, 7) is 13.1. The van der Waals surface area contributed by atoms with E-state index in [-0.39, 0.29) is 11.0 Å². The van der Waals surface area contributed by atoms with Gasteiger partial charge < -0.3 is 10.2 Å². The molecule has 0 spiro atoms. The molecule has 0 aromatic rings. The van der Waals surface area contributed by atoms with Gasteiger partial charge in [-0.2, -0.15) is 0 Å².